The lowest BCUT2D eigenvalue weighted by molar-refractivity contribution is -0.122. The molecule has 2 aromatic heterocycles. The van der Waals surface area contributed by atoms with E-state index in [1.54, 1.807) is 6.20 Å². The van der Waals surface area contributed by atoms with Crippen LogP contribution in [0.2, 0.25) is 0 Å². The average Bonchev–Trinajstić information content (AvgIpc) is 3.15. The number of pyridine rings is 1. The van der Waals surface area contributed by atoms with E-state index in [-0.39, 0.29) is 18.9 Å². The number of nitrogens with zero attached hydrogens (tertiary/aromatic N) is 3. The van der Waals surface area contributed by atoms with Crippen LogP contribution in [0.1, 0.15) is 35.0 Å². The molecule has 0 unspecified atom stereocenters. The molecule has 31 heavy (non-hydrogen) atoms. The summed E-state index contributed by atoms with van der Waals surface area (Å²) in [7, 11) is 0. The third-order valence-corrected chi connectivity index (χ3v) is 5.39. The lowest BCUT2D eigenvalue weighted by Gasteiger charge is -2.17. The van der Waals surface area contributed by atoms with E-state index in [1.165, 1.54) is 11.1 Å². The first kappa shape index (κ1) is 20.8. The van der Waals surface area contributed by atoms with E-state index in [0.29, 0.717) is 13.0 Å². The van der Waals surface area contributed by atoms with Crippen LogP contribution in [0.25, 0.3) is 11.0 Å². The molecule has 0 aliphatic heterocycles. The largest absolute Gasteiger partial charge is 0.394 e. The van der Waals surface area contributed by atoms with E-state index in [2.05, 4.69) is 46.1 Å². The molecule has 4 rings (SSSR count). The van der Waals surface area contributed by atoms with E-state index < -0.39 is 6.04 Å². The summed E-state index contributed by atoms with van der Waals surface area (Å²) < 4.78 is 2.13. The number of carbonyl (C=O) groups excluding carboxylic acids is 1. The number of hydrogen-bond donors (Lipinski definition) is 2. The third-order valence-electron chi connectivity index (χ3n) is 5.39. The zero-order valence-electron chi connectivity index (χ0n) is 17.5. The number of aliphatic hydroxyl groups excluding tert-OH is 1. The molecule has 0 aliphatic rings. The first-order valence-electron chi connectivity index (χ1n) is 10.4. The van der Waals surface area contributed by atoms with Gasteiger partial charge in [-0.1, -0.05) is 60.2 Å². The number of hydrogen-bond acceptors (Lipinski definition) is 4. The van der Waals surface area contributed by atoms with Crippen molar-refractivity contribution in [3.63, 3.8) is 0 Å². The fourth-order valence-electron chi connectivity index (χ4n) is 3.67. The summed E-state index contributed by atoms with van der Waals surface area (Å²) in [6, 6.07) is 19.4. The summed E-state index contributed by atoms with van der Waals surface area (Å²) in [5, 5.41) is 12.6. The molecule has 0 spiro atoms. The lowest BCUT2D eigenvalue weighted by atomic mass is 10.1. The summed E-state index contributed by atoms with van der Waals surface area (Å²) in [6.07, 6.45) is 4.33. The SMILES string of the molecule is Cc1ccc(Cn2c(CCC(=O)N[C@@H](CO)c3ccccc3)nc3ccncc32)cc1. The maximum atomic E-state index is 12.6. The van der Waals surface area contributed by atoms with Crippen molar-refractivity contribution in [1.82, 2.24) is 19.9 Å². The van der Waals surface area contributed by atoms with Gasteiger partial charge in [0.05, 0.1) is 29.9 Å². The van der Waals surface area contributed by atoms with Crippen molar-refractivity contribution < 1.29 is 9.90 Å². The molecule has 0 radical (unpaired) electrons. The Balaban J connectivity index is 1.50. The van der Waals surface area contributed by atoms with Gasteiger partial charge in [0.1, 0.15) is 5.82 Å². The maximum Gasteiger partial charge on any atom is 0.221 e. The standard InChI is InChI=1S/C25H26N4O2/c1-18-7-9-19(10-8-18)16-29-23-15-26-14-13-21(23)27-24(29)11-12-25(31)28-22(17-30)20-5-3-2-4-6-20/h2-10,13-15,22,30H,11-12,16-17H2,1H3,(H,28,31)/t22-/m0/s1. The molecule has 1 amide bonds. The molecule has 0 saturated carbocycles. The normalized spacial score (nSPS) is 12.1. The molecule has 0 fully saturated rings. The summed E-state index contributed by atoms with van der Waals surface area (Å²) in [5.74, 6) is 0.731. The molecule has 0 bridgehead atoms. The molecule has 6 heteroatoms. The highest BCUT2D eigenvalue weighted by Crippen LogP contribution is 2.19. The first-order valence-corrected chi connectivity index (χ1v) is 10.4. The van der Waals surface area contributed by atoms with Gasteiger partial charge < -0.3 is 15.0 Å². The zero-order chi connectivity index (χ0) is 21.6. The zero-order valence-corrected chi connectivity index (χ0v) is 17.5. The van der Waals surface area contributed by atoms with E-state index in [9.17, 15) is 9.90 Å². The predicted molar refractivity (Wildman–Crippen MR) is 121 cm³/mol. The number of fused-ring (bicyclic) bond motifs is 1. The fraction of sp³-hybridized carbons (Fsp3) is 0.240. The third kappa shape index (κ3) is 4.98. The van der Waals surface area contributed by atoms with Crippen LogP contribution in [0, 0.1) is 6.92 Å². The Morgan fingerprint density at radius 3 is 2.61 bits per heavy atom. The van der Waals surface area contributed by atoms with Gasteiger partial charge in [-0.25, -0.2) is 4.98 Å². The number of imidazole rings is 1. The molecular formula is C25H26N4O2. The van der Waals surface area contributed by atoms with Gasteiger partial charge in [0.2, 0.25) is 5.91 Å². The van der Waals surface area contributed by atoms with Crippen LogP contribution in [0.3, 0.4) is 0 Å². The highest BCUT2D eigenvalue weighted by molar-refractivity contribution is 5.77. The van der Waals surface area contributed by atoms with Gasteiger partial charge in [-0.05, 0) is 24.1 Å². The number of aromatic nitrogens is 3. The Morgan fingerprint density at radius 2 is 1.87 bits per heavy atom. The molecule has 2 N–H and O–H groups in total. The Labute approximate surface area is 181 Å². The van der Waals surface area contributed by atoms with Crippen molar-refractivity contribution in [2.75, 3.05) is 6.61 Å². The first-order chi connectivity index (χ1) is 15.1. The molecule has 4 aromatic rings. The molecule has 158 valence electrons. The molecule has 0 saturated heterocycles. The van der Waals surface area contributed by atoms with Gasteiger partial charge in [0, 0.05) is 25.6 Å². The van der Waals surface area contributed by atoms with Crippen molar-refractivity contribution in [3.8, 4) is 0 Å². The van der Waals surface area contributed by atoms with Gasteiger partial charge in [-0.15, -0.1) is 0 Å². The van der Waals surface area contributed by atoms with Crippen molar-refractivity contribution in [1.29, 1.82) is 0 Å². The maximum absolute atomic E-state index is 12.6. The number of rotatable bonds is 8. The summed E-state index contributed by atoms with van der Waals surface area (Å²) >= 11 is 0. The predicted octanol–water partition coefficient (Wildman–Crippen LogP) is 3.57. The quantitative estimate of drug-likeness (QED) is 0.462. The highest BCUT2D eigenvalue weighted by Gasteiger charge is 2.16. The van der Waals surface area contributed by atoms with E-state index in [0.717, 1.165) is 22.4 Å². The van der Waals surface area contributed by atoms with Gasteiger partial charge in [0.25, 0.3) is 0 Å². The molecule has 6 nitrogen and oxygen atoms in total. The number of carbonyl (C=O) groups is 1. The molecule has 2 aromatic carbocycles. The average molecular weight is 415 g/mol. The van der Waals surface area contributed by atoms with Gasteiger partial charge in [-0.3, -0.25) is 9.78 Å². The summed E-state index contributed by atoms with van der Waals surface area (Å²) in [4.78, 5) is 21.6. The van der Waals surface area contributed by atoms with Crippen LogP contribution in [-0.4, -0.2) is 32.2 Å². The number of nitrogens with one attached hydrogen (secondary N) is 1. The van der Waals surface area contributed by atoms with E-state index in [4.69, 9.17) is 4.98 Å². The minimum atomic E-state index is -0.413. The topological polar surface area (TPSA) is 80.0 Å². The lowest BCUT2D eigenvalue weighted by Crippen LogP contribution is -2.31. The van der Waals surface area contributed by atoms with Crippen LogP contribution >= 0.6 is 0 Å². The minimum absolute atomic E-state index is 0.116. The van der Waals surface area contributed by atoms with Crippen molar-refractivity contribution in [2.45, 2.75) is 32.4 Å². The Hall–Kier alpha value is -3.51. The van der Waals surface area contributed by atoms with Crippen LogP contribution in [0.5, 0.6) is 0 Å². The van der Waals surface area contributed by atoms with Crippen LogP contribution in [0.4, 0.5) is 0 Å². The number of amides is 1. The van der Waals surface area contributed by atoms with E-state index in [1.807, 2.05) is 42.6 Å². The summed E-state index contributed by atoms with van der Waals surface area (Å²) in [6.45, 7) is 2.59. The number of aliphatic hydroxyl groups is 1. The smallest absolute Gasteiger partial charge is 0.221 e. The molecular weight excluding hydrogens is 388 g/mol. The van der Waals surface area contributed by atoms with Gasteiger partial charge in [0.15, 0.2) is 0 Å². The van der Waals surface area contributed by atoms with Crippen LogP contribution < -0.4 is 5.32 Å². The van der Waals surface area contributed by atoms with Gasteiger partial charge in [-0.2, -0.15) is 0 Å². The second-order valence-corrected chi connectivity index (χ2v) is 7.68. The Morgan fingerprint density at radius 1 is 1.10 bits per heavy atom. The van der Waals surface area contributed by atoms with Crippen molar-refractivity contribution in [3.05, 3.63) is 95.6 Å². The van der Waals surface area contributed by atoms with Gasteiger partial charge >= 0.3 is 0 Å². The molecule has 0 aliphatic carbocycles. The second-order valence-electron chi connectivity index (χ2n) is 7.68. The fourth-order valence-corrected chi connectivity index (χ4v) is 3.67. The number of benzene rings is 2. The highest BCUT2D eigenvalue weighted by atomic mass is 16.3. The van der Waals surface area contributed by atoms with E-state index >= 15 is 0 Å². The monoisotopic (exact) mass is 414 g/mol. The van der Waals surface area contributed by atoms with Crippen molar-refractivity contribution in [2.24, 2.45) is 0 Å². The Bertz CT molecular complexity index is 1150. The van der Waals surface area contributed by atoms with Crippen LogP contribution in [0.15, 0.2) is 73.1 Å². The second kappa shape index (κ2) is 9.53. The minimum Gasteiger partial charge on any atom is -0.394 e. The Kier molecular flexibility index (Phi) is 6.38. The van der Waals surface area contributed by atoms with Crippen LogP contribution in [-0.2, 0) is 17.8 Å². The molecule has 1 atom stereocenters. The molecule has 2 heterocycles. The van der Waals surface area contributed by atoms with Crippen molar-refractivity contribution >= 4 is 16.9 Å². The number of aryl methyl sites for hydroxylation is 2. The summed E-state index contributed by atoms with van der Waals surface area (Å²) in [5.41, 5.74) is 5.10.